The molecule has 0 amide bonds. The predicted molar refractivity (Wildman–Crippen MR) is 95.8 cm³/mol. The van der Waals surface area contributed by atoms with Gasteiger partial charge in [-0.3, -0.25) is 4.79 Å². The minimum Gasteiger partial charge on any atom is -0.493 e. The van der Waals surface area contributed by atoms with E-state index in [4.69, 9.17) is 23.7 Å². The molecule has 1 aliphatic heterocycles. The second-order valence-electron chi connectivity index (χ2n) is 5.71. The van der Waals surface area contributed by atoms with Crippen molar-refractivity contribution in [3.63, 3.8) is 0 Å². The van der Waals surface area contributed by atoms with Crippen molar-refractivity contribution < 1.29 is 23.7 Å². The molecule has 0 saturated heterocycles. The lowest BCUT2D eigenvalue weighted by Gasteiger charge is -2.15. The summed E-state index contributed by atoms with van der Waals surface area (Å²) in [7, 11) is 4.65. The van der Waals surface area contributed by atoms with Gasteiger partial charge in [-0.2, -0.15) is 0 Å². The fourth-order valence-corrected chi connectivity index (χ4v) is 3.12. The van der Waals surface area contributed by atoms with Crippen molar-refractivity contribution >= 4 is 10.9 Å². The number of hydrogen-bond acceptors (Lipinski definition) is 6. The van der Waals surface area contributed by atoms with Crippen LogP contribution >= 0.6 is 0 Å². The van der Waals surface area contributed by atoms with E-state index in [1.54, 1.807) is 39.5 Å². The molecular weight excluding hydrogens is 338 g/mol. The highest BCUT2D eigenvalue weighted by Crippen LogP contribution is 2.43. The zero-order valence-electron chi connectivity index (χ0n) is 14.5. The number of benzene rings is 2. The van der Waals surface area contributed by atoms with E-state index in [0.29, 0.717) is 34.3 Å². The summed E-state index contributed by atoms with van der Waals surface area (Å²) in [5.74, 6) is 2.76. The van der Waals surface area contributed by atoms with E-state index < -0.39 is 0 Å². The van der Waals surface area contributed by atoms with Crippen LogP contribution in [0.25, 0.3) is 22.0 Å². The highest BCUT2D eigenvalue weighted by atomic mass is 16.7. The summed E-state index contributed by atoms with van der Waals surface area (Å²) in [4.78, 5) is 15.0. The summed E-state index contributed by atoms with van der Waals surface area (Å²) in [6.07, 6.45) is 0. The van der Waals surface area contributed by atoms with Crippen LogP contribution < -0.4 is 29.2 Å². The summed E-state index contributed by atoms with van der Waals surface area (Å²) in [6.45, 7) is 0.162. The molecule has 0 unspecified atom stereocenters. The van der Waals surface area contributed by atoms with Crippen molar-refractivity contribution in [3.8, 4) is 39.9 Å². The molecule has 2 heterocycles. The van der Waals surface area contributed by atoms with Crippen LogP contribution in [0.1, 0.15) is 0 Å². The van der Waals surface area contributed by atoms with E-state index in [1.165, 1.54) is 6.07 Å². The first kappa shape index (κ1) is 16.1. The van der Waals surface area contributed by atoms with Crippen molar-refractivity contribution in [3.05, 3.63) is 40.7 Å². The minimum atomic E-state index is -0.222. The third kappa shape index (κ3) is 2.48. The molecule has 1 aliphatic rings. The van der Waals surface area contributed by atoms with Gasteiger partial charge >= 0.3 is 0 Å². The average Bonchev–Trinajstić information content (AvgIpc) is 3.11. The molecule has 1 aromatic heterocycles. The number of H-pyrrole nitrogens is 1. The molecule has 0 spiro atoms. The summed E-state index contributed by atoms with van der Waals surface area (Å²) in [6, 6.07) is 8.76. The summed E-state index contributed by atoms with van der Waals surface area (Å²) < 4.78 is 27.1. The number of aromatic nitrogens is 1. The maximum absolute atomic E-state index is 12.2. The molecule has 0 aliphatic carbocycles. The molecule has 7 nitrogen and oxygen atoms in total. The van der Waals surface area contributed by atoms with Gasteiger partial charge in [0, 0.05) is 17.5 Å². The lowest BCUT2D eigenvalue weighted by molar-refractivity contribution is 0.174. The Morgan fingerprint density at radius 1 is 0.885 bits per heavy atom. The first-order valence-corrected chi connectivity index (χ1v) is 7.91. The highest BCUT2D eigenvalue weighted by molar-refractivity contribution is 5.97. The third-order valence-corrected chi connectivity index (χ3v) is 4.31. The predicted octanol–water partition coefficient (Wildman–Crippen LogP) is 2.95. The van der Waals surface area contributed by atoms with E-state index in [-0.39, 0.29) is 12.4 Å². The van der Waals surface area contributed by atoms with Gasteiger partial charge in [-0.05, 0) is 29.3 Å². The van der Waals surface area contributed by atoms with Gasteiger partial charge in [0.15, 0.2) is 23.0 Å². The van der Waals surface area contributed by atoms with Crippen molar-refractivity contribution in [2.45, 2.75) is 0 Å². The van der Waals surface area contributed by atoms with Crippen molar-refractivity contribution in [1.82, 2.24) is 4.98 Å². The molecule has 0 atom stereocenters. The molecule has 0 fully saturated rings. The van der Waals surface area contributed by atoms with Crippen molar-refractivity contribution in [2.24, 2.45) is 0 Å². The van der Waals surface area contributed by atoms with Gasteiger partial charge in [-0.25, -0.2) is 0 Å². The number of methoxy groups -OCH3 is 3. The van der Waals surface area contributed by atoms with Crippen molar-refractivity contribution in [1.29, 1.82) is 0 Å². The van der Waals surface area contributed by atoms with Gasteiger partial charge < -0.3 is 28.7 Å². The topological polar surface area (TPSA) is 79.0 Å². The Kier molecular flexibility index (Phi) is 3.84. The Hall–Kier alpha value is -3.35. The molecule has 3 aromatic rings. The molecular formula is C19H17NO6. The number of rotatable bonds is 4. The third-order valence-electron chi connectivity index (χ3n) is 4.31. The second kappa shape index (κ2) is 6.18. The molecule has 1 N–H and O–H groups in total. The second-order valence-corrected chi connectivity index (χ2v) is 5.71. The van der Waals surface area contributed by atoms with Gasteiger partial charge in [0.05, 0.1) is 26.8 Å². The highest BCUT2D eigenvalue weighted by Gasteiger charge is 2.19. The molecule has 134 valence electrons. The average molecular weight is 355 g/mol. The van der Waals surface area contributed by atoms with Crippen molar-refractivity contribution in [2.75, 3.05) is 28.1 Å². The van der Waals surface area contributed by atoms with E-state index >= 15 is 0 Å². The van der Waals surface area contributed by atoms with Crippen LogP contribution in [0.5, 0.6) is 28.7 Å². The molecule has 0 radical (unpaired) electrons. The Morgan fingerprint density at radius 2 is 1.54 bits per heavy atom. The largest absolute Gasteiger partial charge is 0.493 e. The Morgan fingerprint density at radius 3 is 2.15 bits per heavy atom. The standard InChI is InChI=1S/C19H17NO6/c1-22-16-4-10(5-17(23-2)19(16)24-3)11-7-18(21)20-13-8-15-14(6-12(11)13)25-9-26-15/h4-8H,9H2,1-3H3,(H,20,21). The molecule has 26 heavy (non-hydrogen) atoms. The number of aromatic amines is 1. The minimum absolute atomic E-state index is 0.162. The number of fused-ring (bicyclic) bond motifs is 2. The Balaban J connectivity index is 2.01. The van der Waals surface area contributed by atoms with Crippen LogP contribution in [-0.2, 0) is 0 Å². The van der Waals surface area contributed by atoms with E-state index in [2.05, 4.69) is 4.98 Å². The van der Waals surface area contributed by atoms with Gasteiger partial charge in [-0.1, -0.05) is 0 Å². The first-order valence-electron chi connectivity index (χ1n) is 7.91. The molecule has 2 aromatic carbocycles. The van der Waals surface area contributed by atoms with E-state index in [9.17, 15) is 4.79 Å². The smallest absolute Gasteiger partial charge is 0.249 e. The maximum atomic E-state index is 12.2. The Bertz CT molecular complexity index is 1030. The summed E-state index contributed by atoms with van der Waals surface area (Å²) >= 11 is 0. The van der Waals surface area contributed by atoms with E-state index in [1.807, 2.05) is 6.07 Å². The number of pyridine rings is 1. The normalized spacial score (nSPS) is 12.3. The van der Waals surface area contributed by atoms with Crippen LogP contribution in [-0.4, -0.2) is 33.1 Å². The molecule has 4 rings (SSSR count). The fraction of sp³-hybridized carbons (Fsp3) is 0.211. The number of ether oxygens (including phenoxy) is 5. The van der Waals surface area contributed by atoms with Crippen LogP contribution in [0.3, 0.4) is 0 Å². The monoisotopic (exact) mass is 355 g/mol. The lowest BCUT2D eigenvalue weighted by Crippen LogP contribution is -2.05. The van der Waals surface area contributed by atoms with Crippen LogP contribution in [0.15, 0.2) is 35.1 Å². The maximum Gasteiger partial charge on any atom is 0.249 e. The molecule has 0 bridgehead atoms. The zero-order chi connectivity index (χ0) is 18.3. The lowest BCUT2D eigenvalue weighted by atomic mass is 10.00. The van der Waals surface area contributed by atoms with Gasteiger partial charge in [0.1, 0.15) is 0 Å². The zero-order valence-corrected chi connectivity index (χ0v) is 14.5. The SMILES string of the molecule is COc1cc(-c2cc(=O)[nH]c3cc4c(cc23)OCO4)cc(OC)c1OC. The summed E-state index contributed by atoms with van der Waals surface area (Å²) in [5, 5.41) is 0.822. The number of hydrogen-bond donors (Lipinski definition) is 1. The molecule has 0 saturated carbocycles. The summed E-state index contributed by atoms with van der Waals surface area (Å²) in [5.41, 5.74) is 1.92. The fourth-order valence-electron chi connectivity index (χ4n) is 3.12. The van der Waals surface area contributed by atoms with E-state index in [0.717, 1.165) is 16.5 Å². The molecule has 7 heteroatoms. The van der Waals surface area contributed by atoms with Crippen LogP contribution in [0.2, 0.25) is 0 Å². The van der Waals surface area contributed by atoms with Gasteiger partial charge in [-0.15, -0.1) is 0 Å². The van der Waals surface area contributed by atoms with Crippen LogP contribution in [0, 0.1) is 0 Å². The Labute approximate surface area is 149 Å². The van der Waals surface area contributed by atoms with Crippen LogP contribution in [0.4, 0.5) is 0 Å². The quantitative estimate of drug-likeness (QED) is 0.775. The first-order chi connectivity index (χ1) is 12.6. The van der Waals surface area contributed by atoms with Gasteiger partial charge in [0.25, 0.3) is 0 Å². The number of nitrogens with one attached hydrogen (secondary N) is 1. The van der Waals surface area contributed by atoms with Gasteiger partial charge in [0.2, 0.25) is 18.1 Å².